The van der Waals surface area contributed by atoms with Crippen LogP contribution < -0.4 is 0 Å². The molecule has 17 nitrogen and oxygen atoms in total. The molecule has 0 aliphatic rings. The maximum Gasteiger partial charge on any atom is 0.472 e. The fourth-order valence-electron chi connectivity index (χ4n) is 11.1. The van der Waals surface area contributed by atoms with E-state index in [2.05, 4.69) is 41.5 Å². The molecule has 0 rings (SSSR count). The molecule has 0 spiro atoms. The van der Waals surface area contributed by atoms with Gasteiger partial charge in [-0.3, -0.25) is 37.3 Å². The first-order chi connectivity index (χ1) is 44.4. The number of carbonyl (C=O) groups excluding carboxylic acids is 4. The number of ether oxygens (including phenoxy) is 4. The first-order valence-corrected chi connectivity index (χ1v) is 41.0. The minimum absolute atomic E-state index is 0.107. The van der Waals surface area contributed by atoms with E-state index in [4.69, 9.17) is 37.0 Å². The zero-order valence-corrected chi connectivity index (χ0v) is 61.6. The van der Waals surface area contributed by atoms with Gasteiger partial charge < -0.3 is 33.8 Å². The molecular formula is C73H142O17P2. The molecule has 0 aromatic rings. The minimum atomic E-state index is -4.95. The van der Waals surface area contributed by atoms with Gasteiger partial charge in [0.15, 0.2) is 12.2 Å². The van der Waals surface area contributed by atoms with Crippen molar-refractivity contribution < 1.29 is 80.2 Å². The van der Waals surface area contributed by atoms with Gasteiger partial charge in [-0.05, 0) is 37.5 Å². The van der Waals surface area contributed by atoms with Crippen molar-refractivity contribution in [3.8, 4) is 0 Å². The summed E-state index contributed by atoms with van der Waals surface area (Å²) in [7, 11) is -9.90. The van der Waals surface area contributed by atoms with Crippen molar-refractivity contribution in [1.82, 2.24) is 0 Å². The standard InChI is InChI=1S/C73H142O17P2/c1-7-9-11-13-15-16-17-27-32-39-45-51-57-72(77)89-68(61-83-70(75)55-49-43-35-14-12-10-8-2)63-87-91(79,80)85-59-67(74)60-86-92(81,82)88-64-69(62-84-71(76)56-50-44-38-34-29-31-37-42-48-54-66(5)6)90-73(78)58-52-46-40-33-28-25-23-21-19-18-20-22-24-26-30-36-41-47-53-65(3)4/h65-69,74H,7-64H2,1-6H3,(H,79,80)(H,81,82)/t67-,68+,69+/m0/s1. The third kappa shape index (κ3) is 66.7. The Bertz CT molecular complexity index is 1790. The lowest BCUT2D eigenvalue weighted by molar-refractivity contribution is -0.161. The van der Waals surface area contributed by atoms with E-state index in [0.717, 1.165) is 115 Å². The normalized spacial score (nSPS) is 14.1. The lowest BCUT2D eigenvalue weighted by Crippen LogP contribution is -2.30. The van der Waals surface area contributed by atoms with Crippen LogP contribution in [-0.4, -0.2) is 96.7 Å². The molecule has 0 aliphatic carbocycles. The van der Waals surface area contributed by atoms with Crippen molar-refractivity contribution in [3.63, 3.8) is 0 Å². The number of hydrogen-bond acceptors (Lipinski definition) is 15. The highest BCUT2D eigenvalue weighted by Crippen LogP contribution is 2.45. The van der Waals surface area contributed by atoms with E-state index >= 15 is 0 Å². The van der Waals surface area contributed by atoms with Gasteiger partial charge in [0.1, 0.15) is 19.3 Å². The molecule has 0 aromatic carbocycles. The zero-order chi connectivity index (χ0) is 67.9. The summed E-state index contributed by atoms with van der Waals surface area (Å²) in [6.45, 7) is 9.55. The summed E-state index contributed by atoms with van der Waals surface area (Å²) in [5, 5.41) is 10.6. The predicted octanol–water partition coefficient (Wildman–Crippen LogP) is 21.2. The predicted molar refractivity (Wildman–Crippen MR) is 372 cm³/mol. The maximum absolute atomic E-state index is 13.0. The topological polar surface area (TPSA) is 237 Å². The quantitative estimate of drug-likeness (QED) is 0.0222. The smallest absolute Gasteiger partial charge is 0.462 e. The summed E-state index contributed by atoms with van der Waals surface area (Å²) in [5.74, 6) is -0.560. The van der Waals surface area contributed by atoms with Crippen LogP contribution in [0.15, 0.2) is 0 Å². The van der Waals surface area contributed by atoms with Gasteiger partial charge in [-0.15, -0.1) is 0 Å². The van der Waals surface area contributed by atoms with Crippen molar-refractivity contribution >= 4 is 39.5 Å². The summed E-state index contributed by atoms with van der Waals surface area (Å²) < 4.78 is 68.3. The molecule has 0 heterocycles. The van der Waals surface area contributed by atoms with Crippen molar-refractivity contribution in [3.05, 3.63) is 0 Å². The Morgan fingerprint density at radius 3 is 0.739 bits per heavy atom. The van der Waals surface area contributed by atoms with Crippen LogP contribution in [0, 0.1) is 11.8 Å². The second kappa shape index (κ2) is 65.0. The number of phosphoric acid groups is 2. The molecule has 2 unspecified atom stereocenters. The highest BCUT2D eigenvalue weighted by atomic mass is 31.2. The van der Waals surface area contributed by atoms with E-state index in [-0.39, 0.29) is 25.7 Å². The number of unbranched alkanes of at least 4 members (excludes halogenated alkanes) is 42. The number of aliphatic hydroxyl groups excluding tert-OH is 1. The zero-order valence-electron chi connectivity index (χ0n) is 59.9. The molecule has 0 radical (unpaired) electrons. The van der Waals surface area contributed by atoms with Crippen LogP contribution >= 0.6 is 15.6 Å². The fourth-order valence-corrected chi connectivity index (χ4v) is 12.7. The van der Waals surface area contributed by atoms with Crippen molar-refractivity contribution in [2.75, 3.05) is 39.6 Å². The molecule has 0 aliphatic heterocycles. The number of phosphoric ester groups is 2. The van der Waals surface area contributed by atoms with E-state index in [1.807, 2.05) is 0 Å². The van der Waals surface area contributed by atoms with Gasteiger partial charge in [0.2, 0.25) is 0 Å². The average Bonchev–Trinajstić information content (AvgIpc) is 1.49. The Morgan fingerprint density at radius 2 is 0.500 bits per heavy atom. The van der Waals surface area contributed by atoms with E-state index in [9.17, 15) is 43.2 Å². The molecule has 0 aromatic heterocycles. The van der Waals surface area contributed by atoms with Crippen LogP contribution in [0.4, 0.5) is 0 Å². The van der Waals surface area contributed by atoms with Crippen LogP contribution in [0.1, 0.15) is 375 Å². The lowest BCUT2D eigenvalue weighted by Gasteiger charge is -2.21. The summed E-state index contributed by atoms with van der Waals surface area (Å²) in [5.41, 5.74) is 0. The summed E-state index contributed by atoms with van der Waals surface area (Å²) >= 11 is 0. The SMILES string of the molecule is CCCCCCCCCCCCCCC(=O)O[C@H](COC(=O)CCCCCCCCC)COP(=O)(O)OC[C@H](O)COP(=O)(O)OC[C@@H](COC(=O)CCCCCCCCCCCC(C)C)OC(=O)CCCCCCCCCCCCCCCCCCCCC(C)C. The molecular weight excluding hydrogens is 1210 g/mol. The van der Waals surface area contributed by atoms with Gasteiger partial charge in [-0.25, -0.2) is 9.13 Å². The Labute approximate surface area is 562 Å². The van der Waals surface area contributed by atoms with Crippen molar-refractivity contribution in [1.29, 1.82) is 0 Å². The van der Waals surface area contributed by atoms with Crippen molar-refractivity contribution in [2.24, 2.45) is 11.8 Å². The first-order valence-electron chi connectivity index (χ1n) is 38.0. The van der Waals surface area contributed by atoms with Crippen LogP contribution in [0.2, 0.25) is 0 Å². The molecule has 0 fully saturated rings. The monoisotopic (exact) mass is 1350 g/mol. The van der Waals surface area contributed by atoms with E-state index in [0.29, 0.717) is 25.7 Å². The maximum atomic E-state index is 13.0. The summed E-state index contributed by atoms with van der Waals surface area (Å²) in [4.78, 5) is 72.5. The molecule has 0 bridgehead atoms. The Balaban J connectivity index is 5.15. The van der Waals surface area contributed by atoms with Crippen LogP contribution in [-0.2, 0) is 65.4 Å². The number of aliphatic hydroxyl groups is 1. The Hall–Kier alpha value is -1.94. The van der Waals surface area contributed by atoms with Gasteiger partial charge in [0, 0.05) is 25.7 Å². The number of hydrogen-bond donors (Lipinski definition) is 3. The summed E-state index contributed by atoms with van der Waals surface area (Å²) in [6, 6.07) is 0. The molecule has 3 N–H and O–H groups in total. The van der Waals surface area contributed by atoms with Gasteiger partial charge in [-0.2, -0.15) is 0 Å². The molecule has 0 amide bonds. The second-order valence-corrected chi connectivity index (χ2v) is 30.2. The molecule has 5 atom stereocenters. The Kier molecular flexibility index (Phi) is 63.7. The molecule has 19 heteroatoms. The van der Waals surface area contributed by atoms with E-state index in [1.54, 1.807) is 0 Å². The van der Waals surface area contributed by atoms with E-state index < -0.39 is 97.5 Å². The number of carbonyl (C=O) groups is 4. The first kappa shape index (κ1) is 90.1. The molecule has 0 saturated carbocycles. The largest absolute Gasteiger partial charge is 0.472 e. The van der Waals surface area contributed by atoms with Crippen LogP contribution in [0.25, 0.3) is 0 Å². The lowest BCUT2D eigenvalue weighted by atomic mass is 10.0. The highest BCUT2D eigenvalue weighted by molar-refractivity contribution is 7.47. The van der Waals surface area contributed by atoms with Crippen molar-refractivity contribution in [2.45, 2.75) is 394 Å². The Morgan fingerprint density at radius 1 is 0.293 bits per heavy atom. The third-order valence-corrected chi connectivity index (χ3v) is 18.9. The van der Waals surface area contributed by atoms with Gasteiger partial charge >= 0.3 is 39.5 Å². The third-order valence-electron chi connectivity index (χ3n) is 17.0. The average molecular weight is 1350 g/mol. The number of esters is 4. The van der Waals surface area contributed by atoms with Crippen LogP contribution in [0.3, 0.4) is 0 Å². The van der Waals surface area contributed by atoms with Crippen LogP contribution in [0.5, 0.6) is 0 Å². The molecule has 92 heavy (non-hydrogen) atoms. The van der Waals surface area contributed by atoms with Gasteiger partial charge in [0.25, 0.3) is 0 Å². The molecule has 546 valence electrons. The number of rotatable bonds is 72. The van der Waals surface area contributed by atoms with Gasteiger partial charge in [-0.1, -0.05) is 324 Å². The minimum Gasteiger partial charge on any atom is -0.462 e. The second-order valence-electron chi connectivity index (χ2n) is 27.3. The fraction of sp³-hybridized carbons (Fsp3) is 0.945. The summed E-state index contributed by atoms with van der Waals surface area (Å²) in [6.07, 6.45) is 51.5. The van der Waals surface area contributed by atoms with Gasteiger partial charge in [0.05, 0.1) is 26.4 Å². The van der Waals surface area contributed by atoms with E-state index in [1.165, 1.54) is 180 Å². The molecule has 0 saturated heterocycles. The highest BCUT2D eigenvalue weighted by Gasteiger charge is 2.30.